The molecule has 2 heteroatoms. The van der Waals surface area contributed by atoms with E-state index in [9.17, 15) is 9.18 Å². The fourth-order valence-electron chi connectivity index (χ4n) is 1.15. The summed E-state index contributed by atoms with van der Waals surface area (Å²) in [5, 5.41) is 1.48. The molecule has 1 aliphatic rings. The Balaban J connectivity index is 2.89. The van der Waals surface area contributed by atoms with Crippen molar-refractivity contribution in [2.24, 2.45) is 0 Å². The maximum atomic E-state index is 12.5. The van der Waals surface area contributed by atoms with Gasteiger partial charge in [-0.15, -0.1) is 0 Å². The molecule has 0 radical (unpaired) electrons. The summed E-state index contributed by atoms with van der Waals surface area (Å²) < 4.78 is 12.5. The van der Waals surface area contributed by atoms with Gasteiger partial charge < -0.3 is 0 Å². The van der Waals surface area contributed by atoms with Gasteiger partial charge >= 0.3 is 0 Å². The normalized spacial score (nSPS) is 13.7. The van der Waals surface area contributed by atoms with Crippen LogP contribution >= 0.6 is 0 Å². The number of hydrogen-bond donors (Lipinski definition) is 0. The molecule has 1 aromatic rings. The predicted octanol–water partition coefficient (Wildman–Crippen LogP) is -0.0306. The predicted molar refractivity (Wildman–Crippen MR) is 39.6 cm³/mol. The first kappa shape index (κ1) is 6.28. The van der Waals surface area contributed by atoms with E-state index >= 15 is 0 Å². The third-order valence-electron chi connectivity index (χ3n) is 1.64. The second-order valence-corrected chi connectivity index (χ2v) is 2.46. The highest BCUT2D eigenvalue weighted by Crippen LogP contribution is 1.90. The van der Waals surface area contributed by atoms with Crippen LogP contribution in [0.15, 0.2) is 18.2 Å². The van der Waals surface area contributed by atoms with Crippen LogP contribution in [0.25, 0.3) is 12.2 Å². The molecular weight excluding hydrogens is 143 g/mol. The maximum Gasteiger partial charge on any atom is 0.179 e. The van der Waals surface area contributed by atoms with Crippen LogP contribution in [0.3, 0.4) is 0 Å². The van der Waals surface area contributed by atoms with E-state index < -0.39 is 0 Å². The average Bonchev–Trinajstić information content (AvgIpc) is 2.27. The van der Waals surface area contributed by atoms with E-state index in [0.29, 0.717) is 5.22 Å². The Kier molecular flexibility index (Phi) is 1.15. The molecule has 0 fully saturated rings. The van der Waals surface area contributed by atoms with E-state index in [0.717, 1.165) is 5.22 Å². The van der Waals surface area contributed by atoms with Crippen LogP contribution in [-0.4, -0.2) is 5.78 Å². The lowest BCUT2D eigenvalue weighted by Gasteiger charge is -1.84. The summed E-state index contributed by atoms with van der Waals surface area (Å²) in [5.74, 6) is -0.367. The van der Waals surface area contributed by atoms with Crippen molar-refractivity contribution in [3.63, 3.8) is 0 Å². The van der Waals surface area contributed by atoms with Crippen molar-refractivity contribution >= 4 is 17.9 Å². The van der Waals surface area contributed by atoms with Crippen molar-refractivity contribution in [1.82, 2.24) is 0 Å². The Morgan fingerprint density at radius 1 is 1.09 bits per heavy atom. The number of rotatable bonds is 0. The minimum atomic E-state index is -0.303. The van der Waals surface area contributed by atoms with Gasteiger partial charge in [0.05, 0.1) is 0 Å². The SMILES string of the molecule is O=C1C=c2ccc(F)cc2=C1. The van der Waals surface area contributed by atoms with Crippen LogP contribution in [0.1, 0.15) is 0 Å². The molecule has 0 saturated carbocycles. The quantitative estimate of drug-likeness (QED) is 0.505. The number of ketones is 1. The number of carbonyl (C=O) groups is 1. The van der Waals surface area contributed by atoms with Crippen molar-refractivity contribution in [3.8, 4) is 0 Å². The largest absolute Gasteiger partial charge is 0.290 e. The topological polar surface area (TPSA) is 17.1 Å². The molecule has 1 nitrogen and oxygen atoms in total. The Labute approximate surface area is 62.5 Å². The molecule has 0 amide bonds. The third-order valence-corrected chi connectivity index (χ3v) is 1.64. The molecule has 2 rings (SSSR count). The van der Waals surface area contributed by atoms with Crippen molar-refractivity contribution in [2.45, 2.75) is 0 Å². The van der Waals surface area contributed by atoms with Crippen molar-refractivity contribution in [1.29, 1.82) is 0 Å². The standard InChI is InChI=1S/C9H5FO/c10-8-2-1-6-4-9(11)5-7(6)3-8/h1-5H. The minimum absolute atomic E-state index is 0.0643. The highest BCUT2D eigenvalue weighted by Gasteiger charge is 2.00. The van der Waals surface area contributed by atoms with E-state index in [2.05, 4.69) is 0 Å². The molecule has 0 aliphatic heterocycles. The fraction of sp³-hybridized carbons (Fsp3) is 0. The monoisotopic (exact) mass is 148 g/mol. The van der Waals surface area contributed by atoms with Crippen LogP contribution in [0, 0.1) is 5.82 Å². The van der Waals surface area contributed by atoms with Crippen LogP contribution in [-0.2, 0) is 4.79 Å². The molecule has 0 bridgehead atoms. The van der Waals surface area contributed by atoms with Crippen molar-refractivity contribution < 1.29 is 9.18 Å². The van der Waals surface area contributed by atoms with Gasteiger partial charge in [0.2, 0.25) is 0 Å². The molecule has 11 heavy (non-hydrogen) atoms. The van der Waals surface area contributed by atoms with Crippen molar-refractivity contribution in [3.05, 3.63) is 34.5 Å². The number of carbonyl (C=O) groups excluding carboxylic acids is 1. The summed E-state index contributed by atoms with van der Waals surface area (Å²) in [6.07, 6.45) is 2.92. The van der Waals surface area contributed by atoms with Gasteiger partial charge in [0.25, 0.3) is 0 Å². The summed E-state index contributed by atoms with van der Waals surface area (Å²) >= 11 is 0. The lowest BCUT2D eigenvalue weighted by atomic mass is 10.3. The van der Waals surface area contributed by atoms with Gasteiger partial charge in [0, 0.05) is 0 Å². The third kappa shape index (κ3) is 0.963. The number of benzene rings is 1. The lowest BCUT2D eigenvalue weighted by molar-refractivity contribution is -0.107. The van der Waals surface area contributed by atoms with E-state index in [1.165, 1.54) is 24.3 Å². The molecule has 0 N–H and O–H groups in total. The highest BCUT2D eigenvalue weighted by molar-refractivity contribution is 6.26. The summed E-state index contributed by atoms with van der Waals surface area (Å²) in [6.45, 7) is 0. The second-order valence-electron chi connectivity index (χ2n) is 2.46. The molecule has 0 saturated heterocycles. The molecular formula is C9H5FO. The molecule has 0 atom stereocenters. The van der Waals surface area contributed by atoms with Gasteiger partial charge in [0.1, 0.15) is 5.82 Å². The Hall–Kier alpha value is -1.44. The van der Waals surface area contributed by atoms with Crippen molar-refractivity contribution in [2.75, 3.05) is 0 Å². The smallest absolute Gasteiger partial charge is 0.179 e. The zero-order valence-electron chi connectivity index (χ0n) is 5.67. The molecule has 0 heterocycles. The molecule has 1 aliphatic carbocycles. The fourth-order valence-corrected chi connectivity index (χ4v) is 1.15. The zero-order valence-corrected chi connectivity index (χ0v) is 5.67. The maximum absolute atomic E-state index is 12.5. The first-order valence-electron chi connectivity index (χ1n) is 3.29. The van der Waals surface area contributed by atoms with Crippen LogP contribution < -0.4 is 10.4 Å². The zero-order chi connectivity index (χ0) is 7.84. The lowest BCUT2D eigenvalue weighted by Crippen LogP contribution is -2.20. The molecule has 0 aromatic heterocycles. The van der Waals surface area contributed by atoms with Gasteiger partial charge in [-0.25, -0.2) is 4.39 Å². The first-order chi connectivity index (χ1) is 5.25. The molecule has 0 unspecified atom stereocenters. The van der Waals surface area contributed by atoms with Crippen LogP contribution in [0.2, 0.25) is 0 Å². The second kappa shape index (κ2) is 2.02. The minimum Gasteiger partial charge on any atom is -0.290 e. The highest BCUT2D eigenvalue weighted by atomic mass is 19.1. The van der Waals surface area contributed by atoms with Gasteiger partial charge in [0.15, 0.2) is 5.78 Å². The number of fused-ring (bicyclic) bond motifs is 1. The van der Waals surface area contributed by atoms with Gasteiger partial charge in [-0.1, -0.05) is 6.07 Å². The molecule has 54 valence electrons. The summed E-state index contributed by atoms with van der Waals surface area (Å²) in [5.41, 5.74) is 0. The first-order valence-corrected chi connectivity index (χ1v) is 3.29. The van der Waals surface area contributed by atoms with Crippen LogP contribution in [0.4, 0.5) is 4.39 Å². The summed E-state index contributed by atoms with van der Waals surface area (Å²) in [7, 11) is 0. The Morgan fingerprint density at radius 3 is 2.64 bits per heavy atom. The Morgan fingerprint density at radius 2 is 1.82 bits per heavy atom. The van der Waals surface area contributed by atoms with E-state index in [1.54, 1.807) is 6.07 Å². The van der Waals surface area contributed by atoms with Gasteiger partial charge in [-0.2, -0.15) is 0 Å². The summed E-state index contributed by atoms with van der Waals surface area (Å²) in [4.78, 5) is 10.8. The number of hydrogen-bond acceptors (Lipinski definition) is 1. The number of Topliss-reactive ketones (excluding diaryl/α,β-unsaturated/α-hetero) is 1. The number of halogens is 1. The summed E-state index contributed by atoms with van der Waals surface area (Å²) in [6, 6.07) is 4.31. The van der Waals surface area contributed by atoms with Gasteiger partial charge in [-0.05, 0) is 34.7 Å². The molecule has 0 spiro atoms. The Bertz CT molecular complexity index is 431. The van der Waals surface area contributed by atoms with E-state index in [1.807, 2.05) is 0 Å². The van der Waals surface area contributed by atoms with Crippen LogP contribution in [0.5, 0.6) is 0 Å². The molecule has 1 aromatic carbocycles. The van der Waals surface area contributed by atoms with E-state index in [4.69, 9.17) is 0 Å². The van der Waals surface area contributed by atoms with Gasteiger partial charge in [-0.3, -0.25) is 4.79 Å². The average molecular weight is 148 g/mol. The van der Waals surface area contributed by atoms with E-state index in [-0.39, 0.29) is 11.6 Å².